The second-order valence-corrected chi connectivity index (χ2v) is 8.17. The molecule has 0 aromatic heterocycles. The highest BCUT2D eigenvalue weighted by molar-refractivity contribution is 7.93. The van der Waals surface area contributed by atoms with Crippen LogP contribution < -0.4 is 4.72 Å². The average Bonchev–Trinajstić information content (AvgIpc) is 2.66. The van der Waals surface area contributed by atoms with Gasteiger partial charge in [-0.05, 0) is 41.1 Å². The number of sulfonamides is 1. The molecule has 0 saturated carbocycles. The first-order valence-corrected chi connectivity index (χ1v) is 10.0. The molecule has 4 rings (SSSR count). The fourth-order valence-corrected chi connectivity index (χ4v) is 4.70. The molecule has 27 heavy (non-hydrogen) atoms. The number of carboxylic acid groups (broad SMARTS) is 1. The molecule has 3 aromatic carbocycles. The highest BCUT2D eigenvalue weighted by Gasteiger charge is 2.22. The van der Waals surface area contributed by atoms with Gasteiger partial charge in [0, 0.05) is 24.2 Å². The average molecular weight is 382 g/mol. The summed E-state index contributed by atoms with van der Waals surface area (Å²) >= 11 is 0. The van der Waals surface area contributed by atoms with Crippen molar-refractivity contribution in [1.29, 1.82) is 0 Å². The maximum Gasteiger partial charge on any atom is 0.407 e. The van der Waals surface area contributed by atoms with Gasteiger partial charge in [-0.25, -0.2) is 13.2 Å². The molecule has 6 nitrogen and oxygen atoms in total. The van der Waals surface area contributed by atoms with Crippen LogP contribution >= 0.6 is 0 Å². The van der Waals surface area contributed by atoms with Crippen molar-refractivity contribution in [2.75, 3.05) is 11.3 Å². The van der Waals surface area contributed by atoms with Crippen molar-refractivity contribution in [3.63, 3.8) is 0 Å². The van der Waals surface area contributed by atoms with Gasteiger partial charge in [0.05, 0.1) is 4.90 Å². The third-order valence-corrected chi connectivity index (χ3v) is 6.22. The smallest absolute Gasteiger partial charge is 0.407 e. The molecule has 2 N–H and O–H groups in total. The van der Waals surface area contributed by atoms with Crippen LogP contribution in [0.25, 0.3) is 10.8 Å². The summed E-state index contributed by atoms with van der Waals surface area (Å²) in [4.78, 5) is 12.7. The summed E-state index contributed by atoms with van der Waals surface area (Å²) < 4.78 is 28.5. The molecule has 138 valence electrons. The van der Waals surface area contributed by atoms with Gasteiger partial charge in [-0.15, -0.1) is 0 Å². The molecule has 0 radical (unpaired) electrons. The number of nitrogens with one attached hydrogen (secondary N) is 1. The van der Waals surface area contributed by atoms with Gasteiger partial charge in [0.25, 0.3) is 10.0 Å². The van der Waals surface area contributed by atoms with Crippen molar-refractivity contribution >= 4 is 32.6 Å². The van der Waals surface area contributed by atoms with E-state index in [4.69, 9.17) is 5.11 Å². The van der Waals surface area contributed by atoms with E-state index >= 15 is 0 Å². The van der Waals surface area contributed by atoms with E-state index in [1.165, 1.54) is 4.90 Å². The predicted molar refractivity (Wildman–Crippen MR) is 103 cm³/mol. The Morgan fingerprint density at radius 3 is 2.59 bits per heavy atom. The summed E-state index contributed by atoms with van der Waals surface area (Å²) in [5.74, 6) is 0. The van der Waals surface area contributed by atoms with E-state index in [2.05, 4.69) is 4.72 Å². The molecule has 1 heterocycles. The van der Waals surface area contributed by atoms with E-state index in [0.29, 0.717) is 30.6 Å². The van der Waals surface area contributed by atoms with Gasteiger partial charge in [-0.1, -0.05) is 42.5 Å². The van der Waals surface area contributed by atoms with Gasteiger partial charge in [0.1, 0.15) is 0 Å². The van der Waals surface area contributed by atoms with Crippen LogP contribution in [-0.2, 0) is 23.0 Å². The molecule has 1 amide bonds. The van der Waals surface area contributed by atoms with Crippen molar-refractivity contribution in [1.82, 2.24) is 4.90 Å². The zero-order chi connectivity index (χ0) is 19.0. The topological polar surface area (TPSA) is 86.7 Å². The summed E-state index contributed by atoms with van der Waals surface area (Å²) in [5, 5.41) is 10.6. The van der Waals surface area contributed by atoms with Gasteiger partial charge in [-0.3, -0.25) is 4.72 Å². The number of hydrogen-bond acceptors (Lipinski definition) is 3. The van der Waals surface area contributed by atoms with Crippen molar-refractivity contribution in [3.8, 4) is 0 Å². The van der Waals surface area contributed by atoms with E-state index in [-0.39, 0.29) is 4.90 Å². The second kappa shape index (κ2) is 6.59. The van der Waals surface area contributed by atoms with E-state index < -0.39 is 16.1 Å². The zero-order valence-electron chi connectivity index (χ0n) is 14.4. The van der Waals surface area contributed by atoms with Crippen LogP contribution in [0.3, 0.4) is 0 Å². The van der Waals surface area contributed by atoms with E-state index in [1.807, 2.05) is 24.3 Å². The maximum absolute atomic E-state index is 12.9. The maximum atomic E-state index is 12.9. The number of amides is 1. The Morgan fingerprint density at radius 2 is 1.78 bits per heavy atom. The van der Waals surface area contributed by atoms with Crippen molar-refractivity contribution in [2.24, 2.45) is 0 Å². The van der Waals surface area contributed by atoms with Crippen LogP contribution in [0.2, 0.25) is 0 Å². The molecular formula is C20H18N2O4S. The van der Waals surface area contributed by atoms with Crippen molar-refractivity contribution in [2.45, 2.75) is 17.9 Å². The first-order valence-electron chi connectivity index (χ1n) is 8.54. The molecule has 1 aliphatic rings. The SMILES string of the molecule is O=C(O)N1CCc2cc(NS(=O)(=O)c3cccc4ccccc34)ccc2C1. The van der Waals surface area contributed by atoms with E-state index in [1.54, 1.807) is 36.4 Å². The molecular weight excluding hydrogens is 364 g/mol. The molecule has 3 aromatic rings. The lowest BCUT2D eigenvalue weighted by Gasteiger charge is -2.26. The molecule has 0 bridgehead atoms. The molecule has 1 aliphatic heterocycles. The highest BCUT2D eigenvalue weighted by Crippen LogP contribution is 2.27. The molecule has 0 saturated heterocycles. The first-order chi connectivity index (χ1) is 12.9. The van der Waals surface area contributed by atoms with Gasteiger partial charge in [-0.2, -0.15) is 0 Å². The molecule has 0 atom stereocenters. The third-order valence-electron chi connectivity index (χ3n) is 4.78. The first kappa shape index (κ1) is 17.4. The minimum atomic E-state index is -3.75. The Balaban J connectivity index is 1.65. The number of nitrogens with zero attached hydrogens (tertiary/aromatic N) is 1. The van der Waals surface area contributed by atoms with Crippen LogP contribution in [-0.4, -0.2) is 31.1 Å². The normalized spacial score (nSPS) is 14.0. The van der Waals surface area contributed by atoms with Crippen LogP contribution in [0.4, 0.5) is 10.5 Å². The lowest BCUT2D eigenvalue weighted by molar-refractivity contribution is 0.140. The number of benzene rings is 3. The number of rotatable bonds is 3. The summed E-state index contributed by atoms with van der Waals surface area (Å²) in [6.07, 6.45) is -0.382. The Morgan fingerprint density at radius 1 is 1.00 bits per heavy atom. The minimum Gasteiger partial charge on any atom is -0.465 e. The second-order valence-electron chi connectivity index (χ2n) is 6.52. The van der Waals surface area contributed by atoms with Crippen LogP contribution in [0.15, 0.2) is 65.6 Å². The quantitative estimate of drug-likeness (QED) is 0.723. The standard InChI is InChI=1S/C20H18N2O4S/c23-20(24)22-11-10-15-12-17(9-8-16(15)13-22)21-27(25,26)19-7-3-5-14-4-1-2-6-18(14)19/h1-9,12,21H,10-11,13H2,(H,23,24). The fourth-order valence-electron chi connectivity index (χ4n) is 3.42. The van der Waals surface area contributed by atoms with Crippen LogP contribution in [0.5, 0.6) is 0 Å². The fraction of sp³-hybridized carbons (Fsp3) is 0.150. The lowest BCUT2D eigenvalue weighted by atomic mass is 9.99. The summed E-state index contributed by atoms with van der Waals surface area (Å²) in [6.45, 7) is 0.725. The van der Waals surface area contributed by atoms with Crippen molar-refractivity contribution < 1.29 is 18.3 Å². The molecule has 7 heteroatoms. The van der Waals surface area contributed by atoms with Gasteiger partial charge < -0.3 is 10.0 Å². The number of fused-ring (bicyclic) bond motifs is 2. The molecule has 0 unspecified atom stereocenters. The molecule has 0 aliphatic carbocycles. The zero-order valence-corrected chi connectivity index (χ0v) is 15.2. The lowest BCUT2D eigenvalue weighted by Crippen LogP contribution is -2.34. The Kier molecular flexibility index (Phi) is 4.24. The Labute approximate surface area is 157 Å². The largest absolute Gasteiger partial charge is 0.465 e. The van der Waals surface area contributed by atoms with E-state index in [9.17, 15) is 13.2 Å². The van der Waals surface area contributed by atoms with Crippen LogP contribution in [0, 0.1) is 0 Å². The van der Waals surface area contributed by atoms with Gasteiger partial charge in [0.15, 0.2) is 0 Å². The number of hydrogen-bond donors (Lipinski definition) is 2. The number of anilines is 1. The number of carbonyl (C=O) groups is 1. The van der Waals surface area contributed by atoms with Crippen LogP contribution in [0.1, 0.15) is 11.1 Å². The Bertz CT molecular complexity index is 1140. The highest BCUT2D eigenvalue weighted by atomic mass is 32.2. The molecule has 0 fully saturated rings. The summed E-state index contributed by atoms with van der Waals surface area (Å²) in [6, 6.07) is 17.8. The Hall–Kier alpha value is -3.06. The monoisotopic (exact) mass is 382 g/mol. The third kappa shape index (κ3) is 3.33. The summed E-state index contributed by atoms with van der Waals surface area (Å²) in [7, 11) is -3.75. The van der Waals surface area contributed by atoms with Crippen molar-refractivity contribution in [3.05, 3.63) is 71.8 Å². The minimum absolute atomic E-state index is 0.232. The predicted octanol–water partition coefficient (Wildman–Crippen LogP) is 3.68. The molecule has 0 spiro atoms. The summed E-state index contributed by atoms with van der Waals surface area (Å²) in [5.41, 5.74) is 2.34. The van der Waals surface area contributed by atoms with Gasteiger partial charge >= 0.3 is 6.09 Å². The van der Waals surface area contributed by atoms with Gasteiger partial charge in [0.2, 0.25) is 0 Å². The van der Waals surface area contributed by atoms with E-state index in [0.717, 1.165) is 16.5 Å².